The largest absolute Gasteiger partial charge is 0.480 e. The van der Waals surface area contributed by atoms with Crippen molar-refractivity contribution < 1.29 is 29.1 Å². The SMILES string of the molecule is N=CC(=N)CNc1ccc(C(=O)NCCCC(=O)NC(CCC(=O)NCCCCCNC(=O)c2ccc(N)cc2)C(=O)O)cc1. The van der Waals surface area contributed by atoms with Gasteiger partial charge in [-0.2, -0.15) is 0 Å². The molecule has 0 heterocycles. The number of amides is 4. The molecule has 1 unspecified atom stereocenters. The van der Waals surface area contributed by atoms with Crippen LogP contribution >= 0.6 is 0 Å². The fourth-order valence-corrected chi connectivity index (χ4v) is 4.02. The van der Waals surface area contributed by atoms with E-state index in [1.165, 1.54) is 0 Å². The lowest BCUT2D eigenvalue weighted by Crippen LogP contribution is -2.41. The monoisotopic (exact) mass is 622 g/mol. The third-order valence-corrected chi connectivity index (χ3v) is 6.60. The quantitative estimate of drug-likeness (QED) is 0.0565. The van der Waals surface area contributed by atoms with E-state index in [0.717, 1.165) is 19.1 Å². The number of carbonyl (C=O) groups is 5. The number of nitrogen functional groups attached to an aromatic ring is 1. The van der Waals surface area contributed by atoms with Crippen molar-refractivity contribution >= 4 is 52.9 Å². The molecule has 14 heteroatoms. The summed E-state index contributed by atoms with van der Waals surface area (Å²) >= 11 is 0. The molecule has 2 aromatic rings. The number of unbranched alkanes of at least 4 members (excludes halogenated alkanes) is 2. The minimum atomic E-state index is -1.24. The Balaban J connectivity index is 1.56. The van der Waals surface area contributed by atoms with Crippen LogP contribution in [0.2, 0.25) is 0 Å². The molecular formula is C31H42N8O6. The molecule has 45 heavy (non-hydrogen) atoms. The highest BCUT2D eigenvalue weighted by molar-refractivity contribution is 6.29. The van der Waals surface area contributed by atoms with Crippen molar-refractivity contribution in [3.05, 3.63) is 59.7 Å². The highest BCUT2D eigenvalue weighted by Gasteiger charge is 2.21. The first-order valence-corrected chi connectivity index (χ1v) is 14.7. The van der Waals surface area contributed by atoms with Gasteiger partial charge >= 0.3 is 5.97 Å². The number of aliphatic carboxylic acids is 1. The summed E-state index contributed by atoms with van der Waals surface area (Å²) in [5, 5.41) is 37.6. The number of carbonyl (C=O) groups excluding carboxylic acids is 4. The van der Waals surface area contributed by atoms with Gasteiger partial charge in [0.25, 0.3) is 11.8 Å². The van der Waals surface area contributed by atoms with E-state index in [-0.39, 0.29) is 55.8 Å². The molecule has 0 radical (unpaired) electrons. The van der Waals surface area contributed by atoms with E-state index in [4.69, 9.17) is 16.6 Å². The van der Waals surface area contributed by atoms with Crippen LogP contribution < -0.4 is 32.3 Å². The second-order valence-corrected chi connectivity index (χ2v) is 10.2. The number of hydrogen-bond donors (Lipinski definition) is 9. The maximum absolute atomic E-state index is 12.3. The van der Waals surface area contributed by atoms with Gasteiger partial charge in [-0.3, -0.25) is 19.2 Å². The summed E-state index contributed by atoms with van der Waals surface area (Å²) in [6, 6.07) is 12.0. The summed E-state index contributed by atoms with van der Waals surface area (Å²) in [6.07, 6.45) is 3.32. The number of rotatable bonds is 21. The molecule has 4 amide bonds. The van der Waals surface area contributed by atoms with Gasteiger partial charge in [0.15, 0.2) is 0 Å². The number of nitrogens with one attached hydrogen (secondary N) is 7. The molecule has 0 fully saturated rings. The van der Waals surface area contributed by atoms with Crippen LogP contribution in [-0.4, -0.2) is 78.9 Å². The molecule has 0 saturated heterocycles. The summed E-state index contributed by atoms with van der Waals surface area (Å²) < 4.78 is 0. The standard InChI is InChI=1S/C31H42N8O6/c32-19-24(34)20-38-25-12-8-22(9-13-25)30(43)37-18-4-5-28(41)39-26(31(44)45)14-15-27(40)35-16-2-1-3-17-36-29(42)21-6-10-23(33)11-7-21/h6-13,19,26,32,34,38H,1-5,14-18,20,33H2,(H,35,40)(H,36,42)(H,37,43)(H,39,41)(H,44,45). The topological polar surface area (TPSA) is 239 Å². The molecule has 0 saturated carbocycles. The lowest BCUT2D eigenvalue weighted by molar-refractivity contribution is -0.142. The Morgan fingerprint density at radius 1 is 0.756 bits per heavy atom. The molecule has 0 aromatic heterocycles. The first-order valence-electron chi connectivity index (χ1n) is 14.7. The number of nitrogens with two attached hydrogens (primary N) is 1. The van der Waals surface area contributed by atoms with Gasteiger partial charge in [-0.1, -0.05) is 0 Å². The minimum Gasteiger partial charge on any atom is -0.480 e. The Kier molecular flexibility index (Phi) is 15.8. The van der Waals surface area contributed by atoms with Crippen LogP contribution in [0.25, 0.3) is 0 Å². The smallest absolute Gasteiger partial charge is 0.326 e. The average molecular weight is 623 g/mol. The van der Waals surface area contributed by atoms with Crippen LogP contribution in [-0.2, 0) is 14.4 Å². The summed E-state index contributed by atoms with van der Waals surface area (Å²) in [4.78, 5) is 60.4. The van der Waals surface area contributed by atoms with E-state index in [9.17, 15) is 29.1 Å². The Morgan fingerprint density at radius 3 is 1.89 bits per heavy atom. The van der Waals surface area contributed by atoms with Crippen LogP contribution in [0, 0.1) is 10.8 Å². The predicted octanol–water partition coefficient (Wildman–Crippen LogP) is 1.93. The van der Waals surface area contributed by atoms with Gasteiger partial charge < -0.3 is 48.2 Å². The normalized spacial score (nSPS) is 11.0. The molecule has 242 valence electrons. The lowest BCUT2D eigenvalue weighted by Gasteiger charge is -2.14. The van der Waals surface area contributed by atoms with Crippen molar-refractivity contribution in [2.24, 2.45) is 0 Å². The molecule has 2 rings (SSSR count). The van der Waals surface area contributed by atoms with Crippen LogP contribution in [0.5, 0.6) is 0 Å². The summed E-state index contributed by atoms with van der Waals surface area (Å²) in [6.45, 7) is 1.32. The zero-order valence-corrected chi connectivity index (χ0v) is 25.1. The Morgan fingerprint density at radius 2 is 1.31 bits per heavy atom. The molecule has 0 spiro atoms. The number of carboxylic acids is 1. The Bertz CT molecular complexity index is 1310. The van der Waals surface area contributed by atoms with Crippen LogP contribution in [0.15, 0.2) is 48.5 Å². The average Bonchev–Trinajstić information content (AvgIpc) is 3.03. The number of benzene rings is 2. The van der Waals surface area contributed by atoms with Crippen LogP contribution in [0.1, 0.15) is 65.7 Å². The first kappa shape index (κ1) is 35.9. The van der Waals surface area contributed by atoms with Gasteiger partial charge in [-0.25, -0.2) is 4.79 Å². The van der Waals surface area contributed by atoms with Crippen molar-refractivity contribution in [3.63, 3.8) is 0 Å². The van der Waals surface area contributed by atoms with Gasteiger partial charge in [0, 0.05) is 61.2 Å². The second kappa shape index (κ2) is 19.8. The molecule has 2 aromatic carbocycles. The molecule has 1 atom stereocenters. The summed E-state index contributed by atoms with van der Waals surface area (Å²) in [5.74, 6) is -2.55. The molecule has 0 aliphatic rings. The number of carboxylic acid groups (broad SMARTS) is 1. The van der Waals surface area contributed by atoms with Gasteiger partial charge in [0.2, 0.25) is 11.8 Å². The molecule has 0 bridgehead atoms. The fourth-order valence-electron chi connectivity index (χ4n) is 4.02. The minimum absolute atomic E-state index is 0.00147. The Labute approximate surface area is 261 Å². The van der Waals surface area contributed by atoms with E-state index < -0.39 is 17.9 Å². The lowest BCUT2D eigenvalue weighted by atomic mass is 10.1. The van der Waals surface area contributed by atoms with Gasteiger partial charge in [0.1, 0.15) is 6.04 Å². The van der Waals surface area contributed by atoms with E-state index >= 15 is 0 Å². The van der Waals surface area contributed by atoms with Crippen molar-refractivity contribution in [1.29, 1.82) is 10.8 Å². The molecular weight excluding hydrogens is 580 g/mol. The van der Waals surface area contributed by atoms with E-state index in [1.807, 2.05) is 0 Å². The number of hydrogen-bond acceptors (Lipinski definition) is 9. The predicted molar refractivity (Wildman–Crippen MR) is 172 cm³/mol. The second-order valence-electron chi connectivity index (χ2n) is 10.2. The highest BCUT2D eigenvalue weighted by atomic mass is 16.4. The van der Waals surface area contributed by atoms with E-state index in [0.29, 0.717) is 48.4 Å². The molecule has 0 aliphatic carbocycles. The van der Waals surface area contributed by atoms with E-state index in [2.05, 4.69) is 26.6 Å². The number of anilines is 2. The van der Waals surface area contributed by atoms with Crippen molar-refractivity contribution in [3.8, 4) is 0 Å². The van der Waals surface area contributed by atoms with Crippen LogP contribution in [0.3, 0.4) is 0 Å². The van der Waals surface area contributed by atoms with Crippen LogP contribution in [0.4, 0.5) is 11.4 Å². The van der Waals surface area contributed by atoms with Gasteiger partial charge in [0.05, 0.1) is 12.3 Å². The zero-order valence-electron chi connectivity index (χ0n) is 25.1. The maximum atomic E-state index is 12.3. The fraction of sp³-hybridized carbons (Fsp3) is 0.387. The van der Waals surface area contributed by atoms with E-state index in [1.54, 1.807) is 48.5 Å². The summed E-state index contributed by atoms with van der Waals surface area (Å²) in [5.41, 5.74) is 7.97. The third kappa shape index (κ3) is 14.6. The molecule has 10 N–H and O–H groups in total. The summed E-state index contributed by atoms with van der Waals surface area (Å²) in [7, 11) is 0. The maximum Gasteiger partial charge on any atom is 0.326 e. The van der Waals surface area contributed by atoms with Crippen molar-refractivity contribution in [2.45, 2.75) is 51.0 Å². The first-order chi connectivity index (χ1) is 21.6. The van der Waals surface area contributed by atoms with Crippen molar-refractivity contribution in [2.75, 3.05) is 37.2 Å². The molecule has 0 aliphatic heterocycles. The van der Waals surface area contributed by atoms with Crippen molar-refractivity contribution in [1.82, 2.24) is 21.3 Å². The van der Waals surface area contributed by atoms with Gasteiger partial charge in [-0.15, -0.1) is 0 Å². The third-order valence-electron chi connectivity index (χ3n) is 6.60. The molecule has 14 nitrogen and oxygen atoms in total. The Hall–Kier alpha value is -5.27. The van der Waals surface area contributed by atoms with Gasteiger partial charge in [-0.05, 0) is 80.6 Å². The zero-order chi connectivity index (χ0) is 33.0. The highest BCUT2D eigenvalue weighted by Crippen LogP contribution is 2.09.